The summed E-state index contributed by atoms with van der Waals surface area (Å²) in [5.74, 6) is 0.266. The van der Waals surface area contributed by atoms with Crippen molar-refractivity contribution >= 4 is 5.91 Å². The summed E-state index contributed by atoms with van der Waals surface area (Å²) in [6.45, 7) is 3.80. The van der Waals surface area contributed by atoms with E-state index in [4.69, 9.17) is 4.74 Å². The van der Waals surface area contributed by atoms with E-state index in [-0.39, 0.29) is 24.2 Å². The van der Waals surface area contributed by atoms with Crippen LogP contribution in [0.2, 0.25) is 0 Å². The van der Waals surface area contributed by atoms with Crippen LogP contribution in [0.15, 0.2) is 54.7 Å². The Morgan fingerprint density at radius 3 is 2.78 bits per heavy atom. The molecular formula is C21H22FN3O2. The number of benzene rings is 2. The summed E-state index contributed by atoms with van der Waals surface area (Å²) >= 11 is 0. The van der Waals surface area contributed by atoms with Gasteiger partial charge in [-0.2, -0.15) is 5.10 Å². The first-order valence-corrected chi connectivity index (χ1v) is 8.71. The van der Waals surface area contributed by atoms with E-state index in [2.05, 4.69) is 10.4 Å². The van der Waals surface area contributed by atoms with Gasteiger partial charge in [-0.25, -0.2) is 9.07 Å². The zero-order chi connectivity index (χ0) is 19.4. The Kier molecular flexibility index (Phi) is 5.54. The maximum absolute atomic E-state index is 13.5. The molecule has 0 aliphatic carbocycles. The minimum atomic E-state index is -0.317. The van der Waals surface area contributed by atoms with Gasteiger partial charge in [0.1, 0.15) is 11.6 Å². The number of nitrogens with zero attached hydrogens (tertiary/aromatic N) is 2. The Balaban J connectivity index is 1.73. The van der Waals surface area contributed by atoms with Gasteiger partial charge in [-0.15, -0.1) is 0 Å². The summed E-state index contributed by atoms with van der Waals surface area (Å²) in [4.78, 5) is 12.5. The number of carbonyl (C=O) groups excluding carboxylic acids is 1. The van der Waals surface area contributed by atoms with Gasteiger partial charge in [-0.3, -0.25) is 4.79 Å². The molecule has 3 aromatic rings. The minimum Gasteiger partial charge on any atom is -0.496 e. The Morgan fingerprint density at radius 2 is 2.04 bits per heavy atom. The van der Waals surface area contributed by atoms with Gasteiger partial charge in [0.05, 0.1) is 31.5 Å². The molecule has 0 fully saturated rings. The number of hydrogen-bond acceptors (Lipinski definition) is 3. The summed E-state index contributed by atoms with van der Waals surface area (Å²) in [6.07, 6.45) is 1.93. The molecule has 2 aromatic carbocycles. The van der Waals surface area contributed by atoms with Crippen molar-refractivity contribution < 1.29 is 13.9 Å². The standard InChI is InChI=1S/C21H22FN3O2/c1-14(24-21(26)11-16-7-4-5-10-20(16)27-3)19-13-23-25(15(19)2)18-9-6-8-17(22)12-18/h4-10,12-14H,11H2,1-3H3,(H,24,26)/t14-/m0/s1. The Labute approximate surface area is 157 Å². The normalized spacial score (nSPS) is 11.9. The molecule has 0 spiro atoms. The van der Waals surface area contributed by atoms with Crippen LogP contribution in [-0.4, -0.2) is 22.8 Å². The van der Waals surface area contributed by atoms with E-state index in [0.29, 0.717) is 11.4 Å². The summed E-state index contributed by atoms with van der Waals surface area (Å²) < 4.78 is 20.4. The fourth-order valence-corrected chi connectivity index (χ4v) is 3.11. The molecule has 3 rings (SSSR count). The van der Waals surface area contributed by atoms with Gasteiger partial charge in [-0.05, 0) is 38.1 Å². The van der Waals surface area contributed by atoms with E-state index in [1.54, 1.807) is 30.1 Å². The van der Waals surface area contributed by atoms with E-state index in [1.165, 1.54) is 12.1 Å². The molecule has 0 bridgehead atoms. The lowest BCUT2D eigenvalue weighted by molar-refractivity contribution is -0.121. The molecule has 140 valence electrons. The van der Waals surface area contributed by atoms with Crippen molar-refractivity contribution in [1.82, 2.24) is 15.1 Å². The quantitative estimate of drug-likeness (QED) is 0.722. The largest absolute Gasteiger partial charge is 0.496 e. The monoisotopic (exact) mass is 367 g/mol. The zero-order valence-corrected chi connectivity index (χ0v) is 15.6. The second-order valence-electron chi connectivity index (χ2n) is 6.35. The van der Waals surface area contributed by atoms with E-state index in [1.807, 2.05) is 38.1 Å². The molecule has 0 saturated carbocycles. The van der Waals surface area contributed by atoms with Crippen LogP contribution in [0.25, 0.3) is 5.69 Å². The predicted octanol–water partition coefficient (Wildman–Crippen LogP) is 3.75. The first kappa shape index (κ1) is 18.6. The first-order chi connectivity index (χ1) is 13.0. The van der Waals surface area contributed by atoms with E-state index >= 15 is 0 Å². The van der Waals surface area contributed by atoms with Gasteiger partial charge < -0.3 is 10.1 Å². The highest BCUT2D eigenvalue weighted by atomic mass is 19.1. The maximum Gasteiger partial charge on any atom is 0.225 e. The molecule has 27 heavy (non-hydrogen) atoms. The van der Waals surface area contributed by atoms with Gasteiger partial charge in [0.2, 0.25) is 5.91 Å². The number of nitrogens with one attached hydrogen (secondary N) is 1. The van der Waals surface area contributed by atoms with Crippen LogP contribution in [0.1, 0.15) is 29.8 Å². The van der Waals surface area contributed by atoms with Gasteiger partial charge >= 0.3 is 0 Å². The number of para-hydroxylation sites is 1. The molecule has 0 radical (unpaired) electrons. The van der Waals surface area contributed by atoms with Gasteiger partial charge in [0.25, 0.3) is 0 Å². The highest BCUT2D eigenvalue weighted by molar-refractivity contribution is 5.79. The first-order valence-electron chi connectivity index (χ1n) is 8.71. The van der Waals surface area contributed by atoms with Crippen molar-refractivity contribution in [3.05, 3.63) is 77.4 Å². The molecule has 1 N–H and O–H groups in total. The molecule has 1 heterocycles. The third kappa shape index (κ3) is 4.16. The average molecular weight is 367 g/mol. The topological polar surface area (TPSA) is 56.1 Å². The molecule has 1 atom stereocenters. The van der Waals surface area contributed by atoms with E-state index < -0.39 is 0 Å². The van der Waals surface area contributed by atoms with Gasteiger partial charge in [0, 0.05) is 16.8 Å². The predicted molar refractivity (Wildman–Crippen MR) is 102 cm³/mol. The van der Waals surface area contributed by atoms with Crippen molar-refractivity contribution in [2.24, 2.45) is 0 Å². The lowest BCUT2D eigenvalue weighted by Gasteiger charge is -2.15. The Morgan fingerprint density at radius 1 is 1.26 bits per heavy atom. The van der Waals surface area contributed by atoms with Crippen LogP contribution in [0.4, 0.5) is 4.39 Å². The highest BCUT2D eigenvalue weighted by Crippen LogP contribution is 2.22. The number of methoxy groups -OCH3 is 1. The molecule has 0 aliphatic heterocycles. The van der Waals surface area contributed by atoms with Crippen LogP contribution in [0, 0.1) is 12.7 Å². The van der Waals surface area contributed by atoms with Crippen LogP contribution in [-0.2, 0) is 11.2 Å². The van der Waals surface area contributed by atoms with Crippen LogP contribution >= 0.6 is 0 Å². The third-order valence-electron chi connectivity index (χ3n) is 4.49. The van der Waals surface area contributed by atoms with Gasteiger partial charge in [-0.1, -0.05) is 24.3 Å². The summed E-state index contributed by atoms with van der Waals surface area (Å²) in [6, 6.07) is 13.5. The molecule has 0 unspecified atom stereocenters. The average Bonchev–Trinajstić information content (AvgIpc) is 3.03. The Bertz CT molecular complexity index is 952. The molecule has 1 aromatic heterocycles. The van der Waals surface area contributed by atoms with Crippen molar-refractivity contribution in [3.63, 3.8) is 0 Å². The molecule has 0 aliphatic rings. The lowest BCUT2D eigenvalue weighted by atomic mass is 10.1. The van der Waals surface area contributed by atoms with E-state index in [9.17, 15) is 9.18 Å². The second-order valence-corrected chi connectivity index (χ2v) is 6.35. The lowest BCUT2D eigenvalue weighted by Crippen LogP contribution is -2.28. The summed E-state index contributed by atoms with van der Waals surface area (Å²) in [7, 11) is 1.59. The maximum atomic E-state index is 13.5. The van der Waals surface area contributed by atoms with Crippen LogP contribution < -0.4 is 10.1 Å². The van der Waals surface area contributed by atoms with Crippen molar-refractivity contribution in [2.45, 2.75) is 26.3 Å². The van der Waals surface area contributed by atoms with Crippen molar-refractivity contribution in [1.29, 1.82) is 0 Å². The van der Waals surface area contributed by atoms with Crippen molar-refractivity contribution in [3.8, 4) is 11.4 Å². The fraction of sp³-hybridized carbons (Fsp3) is 0.238. The number of ether oxygens (including phenoxy) is 1. The Hall–Kier alpha value is -3.15. The third-order valence-corrected chi connectivity index (χ3v) is 4.49. The molecule has 1 amide bonds. The molecule has 0 saturated heterocycles. The fourth-order valence-electron chi connectivity index (χ4n) is 3.11. The zero-order valence-electron chi connectivity index (χ0n) is 15.6. The van der Waals surface area contributed by atoms with E-state index in [0.717, 1.165) is 16.8 Å². The SMILES string of the molecule is COc1ccccc1CC(=O)N[C@@H](C)c1cnn(-c2cccc(F)c2)c1C. The number of amides is 1. The van der Waals surface area contributed by atoms with Crippen LogP contribution in [0.5, 0.6) is 5.75 Å². The number of aromatic nitrogens is 2. The highest BCUT2D eigenvalue weighted by Gasteiger charge is 2.17. The number of rotatable bonds is 6. The molecule has 6 heteroatoms. The van der Waals surface area contributed by atoms with Crippen molar-refractivity contribution in [2.75, 3.05) is 7.11 Å². The van der Waals surface area contributed by atoms with Gasteiger partial charge in [0.15, 0.2) is 0 Å². The molecular weight excluding hydrogens is 345 g/mol. The number of halogens is 1. The number of hydrogen-bond donors (Lipinski definition) is 1. The second kappa shape index (κ2) is 8.03. The number of carbonyl (C=O) groups is 1. The van der Waals surface area contributed by atoms with Crippen LogP contribution in [0.3, 0.4) is 0 Å². The summed E-state index contributed by atoms with van der Waals surface area (Å²) in [5, 5.41) is 7.34. The minimum absolute atomic E-state index is 0.107. The summed E-state index contributed by atoms with van der Waals surface area (Å²) in [5.41, 5.74) is 3.21. The molecule has 5 nitrogen and oxygen atoms in total. The smallest absolute Gasteiger partial charge is 0.225 e.